The summed E-state index contributed by atoms with van der Waals surface area (Å²) in [5.41, 5.74) is -0.199. The molecule has 10 heavy (non-hydrogen) atoms. The average Bonchev–Trinajstić information content (AvgIpc) is 1.90. The predicted octanol–water partition coefficient (Wildman–Crippen LogP) is -0.169. The molecular weight excluding hydrogens is 136 g/mol. The van der Waals surface area contributed by atoms with Crippen LogP contribution in [0.4, 0.5) is 0 Å². The van der Waals surface area contributed by atoms with Gasteiger partial charge in [-0.1, -0.05) is 0 Å². The van der Waals surface area contributed by atoms with Gasteiger partial charge in [0.05, 0.1) is 5.57 Å². The van der Waals surface area contributed by atoms with Crippen LogP contribution >= 0.6 is 0 Å². The third-order valence-corrected chi connectivity index (χ3v) is 0.633. The van der Waals surface area contributed by atoms with Crippen molar-refractivity contribution in [1.29, 1.82) is 0 Å². The van der Waals surface area contributed by atoms with Crippen LogP contribution in [-0.2, 0) is 19.1 Å². The molecule has 0 N–H and O–H groups in total. The van der Waals surface area contributed by atoms with Gasteiger partial charge in [-0.05, 0) is 0 Å². The van der Waals surface area contributed by atoms with Gasteiger partial charge in [0.15, 0.2) is 12.6 Å². The van der Waals surface area contributed by atoms with Crippen LogP contribution in [0, 0.1) is 0 Å². The first-order valence-electron chi connectivity index (χ1n) is 2.48. The van der Waals surface area contributed by atoms with E-state index in [0.717, 1.165) is 6.26 Å². The maximum atomic E-state index is 10.1. The molecule has 0 aromatic rings. The van der Waals surface area contributed by atoms with Crippen LogP contribution in [-0.4, -0.2) is 18.5 Å². The summed E-state index contributed by atoms with van der Waals surface area (Å²) in [6.07, 6.45) is 1.41. The monoisotopic (exact) mass is 142 g/mol. The number of carbonyl (C=O) groups is 3. The number of hydrogen-bond donors (Lipinski definition) is 0. The first-order chi connectivity index (χ1) is 4.70. The molecule has 0 saturated carbocycles. The Balaban J connectivity index is 3.98. The number of carbonyl (C=O) groups excluding carboxylic acids is 3. The van der Waals surface area contributed by atoms with E-state index in [4.69, 9.17) is 0 Å². The molecule has 0 spiro atoms. The number of hydrogen-bond acceptors (Lipinski definition) is 4. The van der Waals surface area contributed by atoms with Gasteiger partial charge in [-0.2, -0.15) is 0 Å². The van der Waals surface area contributed by atoms with E-state index in [1.54, 1.807) is 0 Å². The molecule has 4 heteroatoms. The Morgan fingerprint density at radius 3 is 2.10 bits per heavy atom. The first-order valence-corrected chi connectivity index (χ1v) is 2.48. The summed E-state index contributed by atoms with van der Waals surface area (Å²) < 4.78 is 4.22. The summed E-state index contributed by atoms with van der Waals surface area (Å²) in [5.74, 6) is -0.568. The van der Waals surface area contributed by atoms with Crippen molar-refractivity contribution in [3.63, 3.8) is 0 Å². The fourth-order valence-corrected chi connectivity index (χ4v) is 0.234. The summed E-state index contributed by atoms with van der Waals surface area (Å²) in [4.78, 5) is 29.8. The number of rotatable bonds is 3. The molecule has 0 amide bonds. The van der Waals surface area contributed by atoms with Gasteiger partial charge >= 0.3 is 5.97 Å². The van der Waals surface area contributed by atoms with Crippen LogP contribution in [0.3, 0.4) is 0 Å². The predicted molar refractivity (Wildman–Crippen MR) is 32.0 cm³/mol. The van der Waals surface area contributed by atoms with E-state index in [0.29, 0.717) is 12.6 Å². The minimum absolute atomic E-state index is 0.199. The Morgan fingerprint density at radius 2 is 1.80 bits per heavy atom. The normalized spacial score (nSPS) is 7.70. The number of allylic oxidation sites excluding steroid dienone is 1. The Kier molecular flexibility index (Phi) is 3.79. The van der Waals surface area contributed by atoms with Gasteiger partial charge in [-0.25, -0.2) is 0 Å². The van der Waals surface area contributed by atoms with Crippen molar-refractivity contribution in [3.8, 4) is 0 Å². The van der Waals surface area contributed by atoms with Gasteiger partial charge in [-0.3, -0.25) is 14.4 Å². The Labute approximate surface area is 57.5 Å². The molecule has 0 aliphatic carbocycles. The summed E-state index contributed by atoms with van der Waals surface area (Å²) in [6.45, 7) is 1.17. The van der Waals surface area contributed by atoms with E-state index in [1.807, 2.05) is 0 Å². The van der Waals surface area contributed by atoms with E-state index in [-0.39, 0.29) is 5.57 Å². The molecule has 0 aliphatic rings. The highest BCUT2D eigenvalue weighted by atomic mass is 16.5. The zero-order valence-electron chi connectivity index (χ0n) is 5.37. The molecule has 0 aromatic heterocycles. The fraction of sp³-hybridized carbons (Fsp3) is 0.167. The highest BCUT2D eigenvalue weighted by Crippen LogP contribution is 1.85. The van der Waals surface area contributed by atoms with Crippen molar-refractivity contribution < 1.29 is 19.1 Å². The topological polar surface area (TPSA) is 60.4 Å². The molecule has 0 rings (SSSR count). The van der Waals surface area contributed by atoms with Gasteiger partial charge in [-0.15, -0.1) is 0 Å². The van der Waals surface area contributed by atoms with Crippen LogP contribution < -0.4 is 0 Å². The van der Waals surface area contributed by atoms with Gasteiger partial charge in [0.2, 0.25) is 0 Å². The number of ether oxygens (including phenoxy) is 1. The first kappa shape index (κ1) is 8.55. The van der Waals surface area contributed by atoms with Crippen LogP contribution in [0.2, 0.25) is 0 Å². The second kappa shape index (κ2) is 4.43. The zero-order valence-corrected chi connectivity index (χ0v) is 5.37. The molecule has 0 atom stereocenters. The Hall–Kier alpha value is -1.45. The zero-order chi connectivity index (χ0) is 7.98. The van der Waals surface area contributed by atoms with Crippen LogP contribution in [0.25, 0.3) is 0 Å². The van der Waals surface area contributed by atoms with Crippen LogP contribution in [0.5, 0.6) is 0 Å². The summed E-state index contributed by atoms with van der Waals surface area (Å²) in [5, 5.41) is 0. The Morgan fingerprint density at radius 1 is 1.30 bits per heavy atom. The highest BCUT2D eigenvalue weighted by molar-refractivity contribution is 5.99. The molecule has 4 nitrogen and oxygen atoms in total. The van der Waals surface area contributed by atoms with Crippen molar-refractivity contribution in [2.75, 3.05) is 0 Å². The Bertz CT molecular complexity index is 170. The minimum Gasteiger partial charge on any atom is -0.434 e. The molecule has 0 fully saturated rings. The number of esters is 1. The third kappa shape index (κ3) is 3.54. The second-order valence-electron chi connectivity index (χ2n) is 1.46. The smallest absolute Gasteiger partial charge is 0.307 e. The van der Waals surface area contributed by atoms with Crippen LogP contribution in [0.15, 0.2) is 11.8 Å². The molecule has 0 saturated heterocycles. The van der Waals surface area contributed by atoms with E-state index in [1.165, 1.54) is 6.92 Å². The van der Waals surface area contributed by atoms with Gasteiger partial charge in [0.25, 0.3) is 0 Å². The van der Waals surface area contributed by atoms with Crippen LogP contribution in [0.1, 0.15) is 6.92 Å². The second-order valence-corrected chi connectivity index (χ2v) is 1.46. The minimum atomic E-state index is -0.568. The van der Waals surface area contributed by atoms with Crippen molar-refractivity contribution in [3.05, 3.63) is 11.8 Å². The lowest BCUT2D eigenvalue weighted by molar-refractivity contribution is -0.135. The number of aldehydes is 2. The van der Waals surface area contributed by atoms with Gasteiger partial charge < -0.3 is 4.74 Å². The van der Waals surface area contributed by atoms with E-state index in [9.17, 15) is 14.4 Å². The molecule has 0 radical (unpaired) electrons. The largest absolute Gasteiger partial charge is 0.434 e. The lowest BCUT2D eigenvalue weighted by Crippen LogP contribution is -1.94. The summed E-state index contributed by atoms with van der Waals surface area (Å²) in [7, 11) is 0. The van der Waals surface area contributed by atoms with E-state index < -0.39 is 5.97 Å². The molecule has 54 valence electrons. The molecule has 0 heterocycles. The third-order valence-electron chi connectivity index (χ3n) is 0.633. The maximum Gasteiger partial charge on any atom is 0.307 e. The quantitative estimate of drug-likeness (QED) is 0.137. The van der Waals surface area contributed by atoms with Crippen molar-refractivity contribution in [2.45, 2.75) is 6.92 Å². The van der Waals surface area contributed by atoms with Crippen molar-refractivity contribution in [2.24, 2.45) is 0 Å². The van der Waals surface area contributed by atoms with Gasteiger partial charge in [0, 0.05) is 6.92 Å². The molecule has 0 aromatic carbocycles. The highest BCUT2D eigenvalue weighted by Gasteiger charge is 1.92. The fourth-order valence-electron chi connectivity index (χ4n) is 0.234. The van der Waals surface area contributed by atoms with Crippen molar-refractivity contribution >= 4 is 18.5 Å². The average molecular weight is 142 g/mol. The maximum absolute atomic E-state index is 10.1. The lowest BCUT2D eigenvalue weighted by Gasteiger charge is -1.89. The van der Waals surface area contributed by atoms with E-state index >= 15 is 0 Å². The molecular formula is C6H6O4. The SMILES string of the molecule is CC(=O)OC=C(C=O)C=O. The molecule has 0 unspecified atom stereocenters. The molecule has 0 aliphatic heterocycles. The lowest BCUT2D eigenvalue weighted by atomic mass is 10.4. The van der Waals surface area contributed by atoms with Crippen molar-refractivity contribution in [1.82, 2.24) is 0 Å². The van der Waals surface area contributed by atoms with E-state index in [2.05, 4.69) is 4.74 Å². The summed E-state index contributed by atoms with van der Waals surface area (Å²) >= 11 is 0. The summed E-state index contributed by atoms with van der Waals surface area (Å²) in [6, 6.07) is 0. The molecule has 0 bridgehead atoms. The van der Waals surface area contributed by atoms with Gasteiger partial charge in [0.1, 0.15) is 6.26 Å². The standard InChI is InChI=1S/C6H6O4/c1-5(9)10-4-6(2-7)3-8/h2-4H,1H3.